The maximum atomic E-state index is 14.0. The molecule has 1 amide bonds. The molecule has 1 saturated carbocycles. The lowest BCUT2D eigenvalue weighted by molar-refractivity contribution is -0.139. The predicted octanol–water partition coefficient (Wildman–Crippen LogP) is 1.19. The van der Waals surface area contributed by atoms with E-state index in [-0.39, 0.29) is 30.0 Å². The Morgan fingerprint density at radius 1 is 1.09 bits per heavy atom. The highest BCUT2D eigenvalue weighted by Gasteiger charge is 2.47. The number of aliphatic hydroxyl groups excluding tert-OH is 1. The fraction of sp³-hybridized carbons (Fsp3) is 0.667. The lowest BCUT2D eigenvalue weighted by atomic mass is 9.82. The Morgan fingerprint density at radius 3 is 2.25 bits per heavy atom. The second-order valence-electron chi connectivity index (χ2n) is 9.19. The van der Waals surface area contributed by atoms with Crippen molar-refractivity contribution in [1.82, 2.24) is 9.62 Å². The molecule has 4 rings (SSSR count). The van der Waals surface area contributed by atoms with Gasteiger partial charge in [0, 0.05) is 24.2 Å². The van der Waals surface area contributed by atoms with Crippen LogP contribution in [0.4, 0.5) is 13.2 Å². The summed E-state index contributed by atoms with van der Waals surface area (Å²) in [5.74, 6) is -3.72. The van der Waals surface area contributed by atoms with Gasteiger partial charge in [-0.15, -0.1) is 0 Å². The summed E-state index contributed by atoms with van der Waals surface area (Å²) in [6, 6.07) is -0.699. The number of fused-ring (bicyclic) bond motifs is 2. The van der Waals surface area contributed by atoms with Crippen molar-refractivity contribution in [3.05, 3.63) is 35.1 Å². The Balaban J connectivity index is 1.41. The first kappa shape index (κ1) is 23.5. The molecule has 3 fully saturated rings. The van der Waals surface area contributed by atoms with Crippen LogP contribution < -0.4 is 10.5 Å². The maximum absolute atomic E-state index is 14.0. The van der Waals surface area contributed by atoms with Gasteiger partial charge >= 0.3 is 0 Å². The molecule has 11 heteroatoms. The summed E-state index contributed by atoms with van der Waals surface area (Å²) < 4.78 is 67.5. The van der Waals surface area contributed by atoms with Crippen LogP contribution in [0.15, 0.2) is 12.1 Å². The van der Waals surface area contributed by atoms with Crippen molar-refractivity contribution in [3.63, 3.8) is 0 Å². The Kier molecular flexibility index (Phi) is 6.54. The molecule has 0 spiro atoms. The molecule has 0 radical (unpaired) electrons. The first-order valence-corrected chi connectivity index (χ1v) is 12.5. The number of carbonyl (C=O) groups is 1. The van der Waals surface area contributed by atoms with E-state index in [0.29, 0.717) is 31.7 Å². The van der Waals surface area contributed by atoms with Gasteiger partial charge in [0.2, 0.25) is 15.9 Å². The molecule has 32 heavy (non-hydrogen) atoms. The molecular weight excluding hydrogens is 447 g/mol. The van der Waals surface area contributed by atoms with Gasteiger partial charge in [-0.25, -0.2) is 26.3 Å². The number of halogens is 3. The van der Waals surface area contributed by atoms with E-state index in [2.05, 4.69) is 4.72 Å². The Bertz CT molecular complexity index is 975. The second kappa shape index (κ2) is 8.92. The van der Waals surface area contributed by atoms with Crippen molar-refractivity contribution in [2.75, 3.05) is 6.61 Å². The highest BCUT2D eigenvalue weighted by Crippen LogP contribution is 2.40. The topological polar surface area (TPSA) is 113 Å². The van der Waals surface area contributed by atoms with Gasteiger partial charge in [-0.05, 0) is 62.5 Å². The molecule has 2 aliphatic heterocycles. The molecule has 2 bridgehead atoms. The highest BCUT2D eigenvalue weighted by molar-refractivity contribution is 7.90. The maximum Gasteiger partial charge on any atom is 0.243 e. The van der Waals surface area contributed by atoms with Crippen molar-refractivity contribution in [2.24, 2.45) is 11.7 Å². The molecule has 3 aliphatic rings. The molecule has 1 aromatic carbocycles. The molecule has 1 aromatic rings. The minimum absolute atomic E-state index is 0.0112. The minimum atomic E-state index is -3.64. The monoisotopic (exact) mass is 475 g/mol. The molecular formula is C21H28F3N3O4S. The Labute approximate surface area is 185 Å². The fourth-order valence-electron chi connectivity index (χ4n) is 5.09. The summed E-state index contributed by atoms with van der Waals surface area (Å²) in [4.78, 5) is 14.7. The van der Waals surface area contributed by atoms with Gasteiger partial charge in [-0.1, -0.05) is 0 Å². The number of sulfonamides is 1. The zero-order chi connectivity index (χ0) is 23.2. The summed E-state index contributed by atoms with van der Waals surface area (Å²) in [5, 5.41) is 9.17. The Morgan fingerprint density at radius 2 is 1.69 bits per heavy atom. The van der Waals surface area contributed by atoms with Gasteiger partial charge in [0.05, 0.1) is 11.9 Å². The Hall–Kier alpha value is -1.69. The van der Waals surface area contributed by atoms with E-state index >= 15 is 0 Å². The smallest absolute Gasteiger partial charge is 0.243 e. The van der Waals surface area contributed by atoms with Crippen molar-refractivity contribution >= 4 is 15.9 Å². The van der Waals surface area contributed by atoms with E-state index in [1.807, 2.05) is 0 Å². The number of piperidine rings is 1. The number of nitrogens with one attached hydrogen (secondary N) is 1. The standard InChI is InChI=1S/C21H28F3N3O4S/c22-16-9-18(24)17(23)7-11(16)8-19(25)12-5-13-1-2-14(6-12)27(13)21(29)20(10-28)26-32(30,31)15-3-4-15/h7,9,12-15,19-20,26,28H,1-6,8,10,25H2/t12?,13?,14?,19-,20+/m1/s1. The SMILES string of the molecule is N[C@H](Cc1cc(F)c(F)cc1F)C1CC2CCC(C1)N2C(=O)[C@H](CO)NS(=O)(=O)C1CC1. The van der Waals surface area contributed by atoms with Crippen LogP contribution in [-0.4, -0.2) is 60.4 Å². The van der Waals surface area contributed by atoms with E-state index < -0.39 is 57.3 Å². The summed E-state index contributed by atoms with van der Waals surface area (Å²) in [6.07, 6.45) is 3.69. The molecule has 1 aliphatic carbocycles. The summed E-state index contributed by atoms with van der Waals surface area (Å²) >= 11 is 0. The lowest BCUT2D eigenvalue weighted by Crippen LogP contribution is -2.57. The van der Waals surface area contributed by atoms with Crippen LogP contribution in [0.2, 0.25) is 0 Å². The van der Waals surface area contributed by atoms with Gasteiger partial charge in [-0.3, -0.25) is 4.79 Å². The van der Waals surface area contributed by atoms with Gasteiger partial charge in [0.15, 0.2) is 11.6 Å². The van der Waals surface area contributed by atoms with Crippen molar-refractivity contribution in [2.45, 2.75) is 74.4 Å². The molecule has 0 aromatic heterocycles. The number of benzene rings is 1. The number of hydrogen-bond acceptors (Lipinski definition) is 5. The molecule has 2 unspecified atom stereocenters. The first-order valence-electron chi connectivity index (χ1n) is 10.9. The number of rotatable bonds is 8. The van der Waals surface area contributed by atoms with Gasteiger partial charge < -0.3 is 15.7 Å². The van der Waals surface area contributed by atoms with E-state index in [4.69, 9.17) is 5.73 Å². The van der Waals surface area contributed by atoms with E-state index in [1.54, 1.807) is 4.90 Å². The third-order valence-electron chi connectivity index (χ3n) is 6.92. The summed E-state index contributed by atoms with van der Waals surface area (Å²) in [6.45, 7) is -0.626. The predicted molar refractivity (Wildman–Crippen MR) is 110 cm³/mol. The third-order valence-corrected chi connectivity index (χ3v) is 8.89. The van der Waals surface area contributed by atoms with Crippen LogP contribution in [0, 0.1) is 23.4 Å². The van der Waals surface area contributed by atoms with Gasteiger partial charge in [0.1, 0.15) is 11.9 Å². The average Bonchev–Trinajstić information content (AvgIpc) is 3.56. The van der Waals surface area contributed by atoms with E-state index in [1.165, 1.54) is 0 Å². The fourth-order valence-corrected chi connectivity index (χ4v) is 6.61. The highest BCUT2D eigenvalue weighted by atomic mass is 32.2. The molecule has 2 saturated heterocycles. The molecule has 2 heterocycles. The van der Waals surface area contributed by atoms with E-state index in [9.17, 15) is 31.5 Å². The summed E-state index contributed by atoms with van der Waals surface area (Å²) in [7, 11) is -3.64. The first-order chi connectivity index (χ1) is 15.1. The minimum Gasteiger partial charge on any atom is -0.394 e. The van der Waals surface area contributed by atoms with Crippen molar-refractivity contribution in [3.8, 4) is 0 Å². The van der Waals surface area contributed by atoms with Crippen molar-refractivity contribution < 1.29 is 31.5 Å². The van der Waals surface area contributed by atoms with Gasteiger partial charge in [0.25, 0.3) is 0 Å². The molecule has 4 atom stereocenters. The normalized spacial score (nSPS) is 27.4. The zero-order valence-electron chi connectivity index (χ0n) is 17.5. The van der Waals surface area contributed by atoms with Crippen LogP contribution in [0.3, 0.4) is 0 Å². The number of nitrogens with zero attached hydrogens (tertiary/aromatic N) is 1. The van der Waals surface area contributed by atoms with Crippen LogP contribution in [-0.2, 0) is 21.2 Å². The quantitative estimate of drug-likeness (QED) is 0.489. The van der Waals surface area contributed by atoms with Crippen molar-refractivity contribution in [1.29, 1.82) is 0 Å². The number of amides is 1. The average molecular weight is 476 g/mol. The van der Waals surface area contributed by atoms with Crippen LogP contribution in [0.5, 0.6) is 0 Å². The largest absolute Gasteiger partial charge is 0.394 e. The third kappa shape index (κ3) is 4.66. The molecule has 178 valence electrons. The summed E-state index contributed by atoms with van der Waals surface area (Å²) in [5.41, 5.74) is 6.31. The van der Waals surface area contributed by atoms with Crippen LogP contribution in [0.25, 0.3) is 0 Å². The van der Waals surface area contributed by atoms with Crippen LogP contribution in [0.1, 0.15) is 44.1 Å². The number of nitrogens with two attached hydrogens (primary N) is 1. The molecule has 7 nitrogen and oxygen atoms in total. The van der Waals surface area contributed by atoms with Crippen LogP contribution >= 0.6 is 0 Å². The second-order valence-corrected chi connectivity index (χ2v) is 11.2. The molecule has 4 N–H and O–H groups in total. The van der Waals surface area contributed by atoms with E-state index in [0.717, 1.165) is 18.9 Å². The van der Waals surface area contributed by atoms with Gasteiger partial charge in [-0.2, -0.15) is 0 Å². The number of hydrogen-bond donors (Lipinski definition) is 3. The lowest BCUT2D eigenvalue weighted by Gasteiger charge is -2.42. The number of aliphatic hydroxyl groups is 1. The zero-order valence-corrected chi connectivity index (χ0v) is 18.3. The number of carbonyl (C=O) groups excluding carboxylic acids is 1.